The Hall–Kier alpha value is -2.00. The van der Waals surface area contributed by atoms with Crippen LogP contribution in [0.4, 0.5) is 0 Å². The van der Waals surface area contributed by atoms with Gasteiger partial charge in [-0.3, -0.25) is 4.79 Å². The average molecular weight is 507 g/mol. The van der Waals surface area contributed by atoms with Crippen molar-refractivity contribution in [1.82, 2.24) is 0 Å². The zero-order valence-corrected chi connectivity index (χ0v) is 23.5. The van der Waals surface area contributed by atoms with Crippen molar-refractivity contribution < 1.29 is 33.0 Å². The average Bonchev–Trinajstić information content (AvgIpc) is 2.81. The molecule has 0 saturated heterocycles. The zero-order valence-electron chi connectivity index (χ0n) is 22.5. The Labute approximate surface area is 211 Å². The van der Waals surface area contributed by atoms with Crippen LogP contribution in [0.15, 0.2) is 35.9 Å². The van der Waals surface area contributed by atoms with Gasteiger partial charge in [0.2, 0.25) is 0 Å². The lowest BCUT2D eigenvalue weighted by Gasteiger charge is -2.42. The summed E-state index contributed by atoms with van der Waals surface area (Å²) in [7, 11) is 0.746. The van der Waals surface area contributed by atoms with Gasteiger partial charge in [0.05, 0.1) is 39.1 Å². The van der Waals surface area contributed by atoms with Crippen molar-refractivity contribution in [3.05, 3.63) is 41.5 Å². The van der Waals surface area contributed by atoms with Gasteiger partial charge in [-0.15, -0.1) is 0 Å². The fourth-order valence-electron chi connectivity index (χ4n) is 3.75. The number of esters is 1. The summed E-state index contributed by atoms with van der Waals surface area (Å²) in [6.45, 7) is 13.1. The van der Waals surface area contributed by atoms with E-state index < -0.39 is 32.6 Å². The quantitative estimate of drug-likeness (QED) is 0.244. The van der Waals surface area contributed by atoms with Crippen molar-refractivity contribution in [3.8, 4) is 5.75 Å². The van der Waals surface area contributed by atoms with Gasteiger partial charge in [0.25, 0.3) is 0 Å². The van der Waals surface area contributed by atoms with Gasteiger partial charge in [-0.1, -0.05) is 45.9 Å². The molecule has 0 radical (unpaired) electrons. The van der Waals surface area contributed by atoms with Crippen LogP contribution >= 0.6 is 0 Å². The third kappa shape index (κ3) is 8.00. The normalized spacial score (nSPS) is 23.9. The maximum absolute atomic E-state index is 12.9. The first kappa shape index (κ1) is 29.2. The minimum absolute atomic E-state index is 0.0555. The molecule has 1 heterocycles. The molecule has 1 aromatic rings. The van der Waals surface area contributed by atoms with E-state index in [0.717, 1.165) is 17.6 Å². The zero-order chi connectivity index (χ0) is 26.2. The Morgan fingerprint density at radius 3 is 2.37 bits per heavy atom. The molecule has 7 nitrogen and oxygen atoms in total. The molecule has 0 fully saturated rings. The van der Waals surface area contributed by atoms with Crippen LogP contribution in [0.2, 0.25) is 18.1 Å². The van der Waals surface area contributed by atoms with Crippen molar-refractivity contribution >= 4 is 20.6 Å². The van der Waals surface area contributed by atoms with Crippen molar-refractivity contribution in [2.75, 3.05) is 14.2 Å². The minimum Gasteiger partial charge on any atom is -0.497 e. The van der Waals surface area contributed by atoms with E-state index >= 15 is 0 Å². The fourth-order valence-corrected chi connectivity index (χ4v) is 5.08. The van der Waals surface area contributed by atoms with Gasteiger partial charge in [-0.05, 0) is 54.2 Å². The summed E-state index contributed by atoms with van der Waals surface area (Å²) in [5, 5.41) is -0.0555. The molecule has 0 N–H and O–H groups in total. The van der Waals surface area contributed by atoms with Crippen LogP contribution in [0.5, 0.6) is 5.75 Å². The maximum Gasteiger partial charge on any atom is 0.337 e. The molecule has 0 unspecified atom stereocenters. The van der Waals surface area contributed by atoms with Crippen LogP contribution in [0.25, 0.3) is 0 Å². The Morgan fingerprint density at radius 2 is 1.86 bits per heavy atom. The maximum atomic E-state index is 12.9. The van der Waals surface area contributed by atoms with E-state index in [-0.39, 0.29) is 11.1 Å². The minimum atomic E-state index is -2.24. The Morgan fingerprint density at radius 1 is 1.20 bits per heavy atom. The van der Waals surface area contributed by atoms with E-state index in [1.54, 1.807) is 7.11 Å². The molecule has 1 aliphatic heterocycles. The number of carbonyl (C=O) groups excluding carboxylic acids is 2. The first-order chi connectivity index (χ1) is 16.4. The smallest absolute Gasteiger partial charge is 0.337 e. The standard InChI is InChI=1S/C27H42O7Si/c1-9-22(32-18-19-10-13-21(30-5)14-11-19)24-16-20(17-28)12-15-23(25(33-24)26(29)31-6)34-35(7,8)27(2,3)4/h10-14,17,22-25H,9,15-16,18H2,1-8H3/b20-12+/t22-,23+,24-,25-/m1/s1. The van der Waals surface area contributed by atoms with Crippen LogP contribution in [0.1, 0.15) is 52.5 Å². The number of benzene rings is 1. The van der Waals surface area contributed by atoms with Crippen LogP contribution in [-0.2, 0) is 34.8 Å². The molecule has 35 heavy (non-hydrogen) atoms. The molecule has 0 aliphatic carbocycles. The number of hydrogen-bond acceptors (Lipinski definition) is 7. The van der Waals surface area contributed by atoms with Gasteiger partial charge in [0.15, 0.2) is 14.4 Å². The molecule has 8 heteroatoms. The van der Waals surface area contributed by atoms with Crippen molar-refractivity contribution in [2.24, 2.45) is 0 Å². The van der Waals surface area contributed by atoms with E-state index in [1.807, 2.05) is 37.3 Å². The van der Waals surface area contributed by atoms with Crippen molar-refractivity contribution in [2.45, 2.75) is 96.1 Å². The monoisotopic (exact) mass is 506 g/mol. The summed E-state index contributed by atoms with van der Waals surface area (Å²) in [6.07, 6.45) is 1.81. The number of hydrogen-bond donors (Lipinski definition) is 0. The second-order valence-corrected chi connectivity index (χ2v) is 15.2. The summed E-state index contributed by atoms with van der Waals surface area (Å²) >= 11 is 0. The van der Waals surface area contributed by atoms with Crippen LogP contribution in [-0.4, -0.2) is 59.2 Å². The Kier molecular flexibility index (Phi) is 10.7. The highest BCUT2D eigenvalue weighted by Crippen LogP contribution is 2.39. The number of carbonyl (C=O) groups is 2. The van der Waals surface area contributed by atoms with Gasteiger partial charge < -0.3 is 23.4 Å². The molecule has 1 aromatic carbocycles. The third-order valence-electron chi connectivity index (χ3n) is 6.99. The highest BCUT2D eigenvalue weighted by atomic mass is 28.4. The van der Waals surface area contributed by atoms with Crippen molar-refractivity contribution in [3.63, 3.8) is 0 Å². The fraction of sp³-hybridized carbons (Fsp3) is 0.630. The lowest BCUT2D eigenvalue weighted by molar-refractivity contribution is -0.177. The second kappa shape index (κ2) is 12.8. The van der Waals surface area contributed by atoms with Gasteiger partial charge in [-0.25, -0.2) is 4.79 Å². The van der Waals surface area contributed by atoms with E-state index in [4.69, 9.17) is 23.4 Å². The molecule has 2 rings (SSSR count). The second-order valence-electron chi connectivity index (χ2n) is 10.5. The summed E-state index contributed by atoms with van der Waals surface area (Å²) in [4.78, 5) is 24.7. The van der Waals surface area contributed by atoms with Crippen molar-refractivity contribution in [1.29, 1.82) is 0 Å². The van der Waals surface area contributed by atoms with Crippen LogP contribution in [0.3, 0.4) is 0 Å². The topological polar surface area (TPSA) is 80.3 Å². The molecule has 0 saturated carbocycles. The highest BCUT2D eigenvalue weighted by Gasteiger charge is 2.44. The van der Waals surface area contributed by atoms with Gasteiger partial charge in [-0.2, -0.15) is 0 Å². The van der Waals surface area contributed by atoms with E-state index in [2.05, 4.69) is 33.9 Å². The number of ether oxygens (including phenoxy) is 4. The predicted octanol–water partition coefficient (Wildman–Crippen LogP) is 5.23. The molecule has 4 atom stereocenters. The summed E-state index contributed by atoms with van der Waals surface area (Å²) in [5.41, 5.74) is 1.61. The molecule has 0 aromatic heterocycles. The van der Waals surface area contributed by atoms with Gasteiger partial charge in [0.1, 0.15) is 12.0 Å². The van der Waals surface area contributed by atoms with E-state index in [1.165, 1.54) is 7.11 Å². The Bertz CT molecular complexity index is 857. The van der Waals surface area contributed by atoms with Crippen LogP contribution in [0, 0.1) is 0 Å². The third-order valence-corrected chi connectivity index (χ3v) is 11.5. The van der Waals surface area contributed by atoms with E-state index in [9.17, 15) is 9.59 Å². The predicted molar refractivity (Wildman–Crippen MR) is 138 cm³/mol. The van der Waals surface area contributed by atoms with E-state index in [0.29, 0.717) is 31.4 Å². The molecule has 196 valence electrons. The molecule has 0 bridgehead atoms. The lowest BCUT2D eigenvalue weighted by atomic mass is 9.97. The lowest BCUT2D eigenvalue weighted by Crippen LogP contribution is -2.52. The van der Waals surface area contributed by atoms with Gasteiger partial charge >= 0.3 is 5.97 Å². The summed E-state index contributed by atoms with van der Waals surface area (Å²) in [6, 6.07) is 7.66. The molecule has 1 aliphatic rings. The largest absolute Gasteiger partial charge is 0.497 e. The number of methoxy groups -OCH3 is 2. The molecule has 0 spiro atoms. The first-order valence-corrected chi connectivity index (χ1v) is 15.2. The molecule has 0 amide bonds. The SMILES string of the molecule is CC[C@@H](OCc1ccc(OC)cc1)[C@H]1C/C(C=O)=C\C[C@H](O[Si](C)(C)C(C)(C)C)[C@H](C(=O)OC)O1. The summed E-state index contributed by atoms with van der Waals surface area (Å²) < 4.78 is 29.6. The molecular formula is C27H42O7Si. The highest BCUT2D eigenvalue weighted by molar-refractivity contribution is 6.74. The van der Waals surface area contributed by atoms with Crippen LogP contribution < -0.4 is 4.74 Å². The molecular weight excluding hydrogens is 464 g/mol. The Balaban J connectivity index is 2.30. The van der Waals surface area contributed by atoms with Gasteiger partial charge in [0, 0.05) is 6.42 Å². The first-order valence-electron chi connectivity index (χ1n) is 12.3. The summed E-state index contributed by atoms with van der Waals surface area (Å²) in [5.74, 6) is 0.297. The number of rotatable bonds is 10. The number of aldehydes is 1.